The second-order valence-corrected chi connectivity index (χ2v) is 7.54. The van der Waals surface area contributed by atoms with Crippen LogP contribution in [0.5, 0.6) is 0 Å². The molecule has 0 fully saturated rings. The summed E-state index contributed by atoms with van der Waals surface area (Å²) in [5, 5.41) is 2.73. The number of esters is 1. The quantitative estimate of drug-likeness (QED) is 0.672. The van der Waals surface area contributed by atoms with Gasteiger partial charge in [0.05, 0.1) is 29.7 Å². The second kappa shape index (κ2) is 9.29. The second-order valence-electron chi connectivity index (χ2n) is 5.77. The number of hydrogen-bond acceptors (Lipinski definition) is 5. The van der Waals surface area contributed by atoms with Crippen LogP contribution in [0.2, 0.25) is 0 Å². The maximum atomic E-state index is 12.3. The van der Waals surface area contributed by atoms with Crippen molar-refractivity contribution in [2.45, 2.75) is 24.8 Å². The Labute approximate surface area is 158 Å². The van der Waals surface area contributed by atoms with E-state index in [1.807, 2.05) is 37.3 Å². The van der Waals surface area contributed by atoms with Gasteiger partial charge in [-0.05, 0) is 43.7 Å². The summed E-state index contributed by atoms with van der Waals surface area (Å²) in [6.07, 6.45) is 0. The highest BCUT2D eigenvalue weighted by molar-refractivity contribution is 7.89. The fourth-order valence-electron chi connectivity index (χ4n) is 2.35. The SMILES string of the molecule is CCOC(=O)c1ccc(S(=O)(=O)NCC(=O)N[C@@H](C)c2ccccc2)cc1. The Bertz CT molecular complexity index is 880. The normalized spacial score (nSPS) is 12.2. The smallest absolute Gasteiger partial charge is 0.338 e. The van der Waals surface area contributed by atoms with Crippen molar-refractivity contribution in [1.82, 2.24) is 10.0 Å². The molecule has 0 bridgehead atoms. The molecular weight excluding hydrogens is 368 g/mol. The first-order valence-corrected chi connectivity index (χ1v) is 9.93. The van der Waals surface area contributed by atoms with E-state index in [9.17, 15) is 18.0 Å². The molecule has 1 amide bonds. The number of amides is 1. The third kappa shape index (κ3) is 5.90. The van der Waals surface area contributed by atoms with E-state index in [2.05, 4.69) is 10.0 Å². The molecule has 1 atom stereocenters. The highest BCUT2D eigenvalue weighted by Crippen LogP contribution is 2.12. The van der Waals surface area contributed by atoms with E-state index in [1.54, 1.807) is 6.92 Å². The van der Waals surface area contributed by atoms with Crippen LogP contribution in [0.1, 0.15) is 35.8 Å². The zero-order valence-electron chi connectivity index (χ0n) is 15.1. The molecule has 0 spiro atoms. The Morgan fingerprint density at radius 2 is 1.67 bits per heavy atom. The number of carbonyl (C=O) groups excluding carboxylic acids is 2. The van der Waals surface area contributed by atoms with Gasteiger partial charge in [-0.3, -0.25) is 4.79 Å². The maximum Gasteiger partial charge on any atom is 0.338 e. The molecule has 144 valence electrons. The summed E-state index contributed by atoms with van der Waals surface area (Å²) in [7, 11) is -3.87. The van der Waals surface area contributed by atoms with Crippen molar-refractivity contribution in [3.05, 3.63) is 65.7 Å². The molecular formula is C19H22N2O5S. The van der Waals surface area contributed by atoms with Crippen molar-refractivity contribution in [3.8, 4) is 0 Å². The molecule has 0 aliphatic heterocycles. The molecule has 2 aromatic rings. The van der Waals surface area contributed by atoms with Gasteiger partial charge >= 0.3 is 5.97 Å². The van der Waals surface area contributed by atoms with Crippen LogP contribution in [-0.4, -0.2) is 33.4 Å². The van der Waals surface area contributed by atoms with Gasteiger partial charge in [-0.2, -0.15) is 0 Å². The minimum Gasteiger partial charge on any atom is -0.462 e. The minimum absolute atomic E-state index is 0.0422. The van der Waals surface area contributed by atoms with Crippen molar-refractivity contribution in [3.63, 3.8) is 0 Å². The Kier molecular flexibility index (Phi) is 7.09. The lowest BCUT2D eigenvalue weighted by Gasteiger charge is -2.14. The molecule has 27 heavy (non-hydrogen) atoms. The molecule has 2 rings (SSSR count). The van der Waals surface area contributed by atoms with E-state index in [-0.39, 0.29) is 29.7 Å². The fraction of sp³-hybridized carbons (Fsp3) is 0.263. The highest BCUT2D eigenvalue weighted by Gasteiger charge is 2.17. The summed E-state index contributed by atoms with van der Waals surface area (Å²) in [5.41, 5.74) is 1.17. The van der Waals surface area contributed by atoms with Crippen LogP contribution in [0.25, 0.3) is 0 Å². The van der Waals surface area contributed by atoms with E-state index >= 15 is 0 Å². The molecule has 8 heteroatoms. The standard InChI is InChI=1S/C19H22N2O5S/c1-3-26-19(23)16-9-11-17(12-10-16)27(24,25)20-13-18(22)21-14(2)15-7-5-4-6-8-15/h4-12,14,20H,3,13H2,1-2H3,(H,21,22)/t14-/m0/s1. The van der Waals surface area contributed by atoms with Gasteiger partial charge in [-0.15, -0.1) is 0 Å². The highest BCUT2D eigenvalue weighted by atomic mass is 32.2. The number of sulfonamides is 1. The Balaban J connectivity index is 1.94. The van der Waals surface area contributed by atoms with Crippen molar-refractivity contribution in [2.24, 2.45) is 0 Å². The number of nitrogens with one attached hydrogen (secondary N) is 2. The molecule has 0 aliphatic carbocycles. The van der Waals surface area contributed by atoms with Crippen molar-refractivity contribution >= 4 is 21.9 Å². The lowest BCUT2D eigenvalue weighted by atomic mass is 10.1. The summed E-state index contributed by atoms with van der Waals surface area (Å²) < 4.78 is 31.7. The summed E-state index contributed by atoms with van der Waals surface area (Å²) in [6, 6.07) is 14.4. The predicted octanol–water partition coefficient (Wildman–Crippen LogP) is 2.02. The van der Waals surface area contributed by atoms with Crippen LogP contribution in [0.15, 0.2) is 59.5 Å². The zero-order chi connectivity index (χ0) is 19.9. The Morgan fingerprint density at radius 3 is 2.26 bits per heavy atom. The third-order valence-corrected chi connectivity index (χ3v) is 5.19. The largest absolute Gasteiger partial charge is 0.462 e. The molecule has 0 heterocycles. The van der Waals surface area contributed by atoms with Crippen molar-refractivity contribution in [2.75, 3.05) is 13.2 Å². The monoisotopic (exact) mass is 390 g/mol. The maximum absolute atomic E-state index is 12.3. The number of rotatable bonds is 8. The van der Waals surface area contributed by atoms with Gasteiger partial charge in [0.15, 0.2) is 0 Å². The summed E-state index contributed by atoms with van der Waals surface area (Å²) in [4.78, 5) is 23.6. The number of benzene rings is 2. The summed E-state index contributed by atoms with van der Waals surface area (Å²) in [6.45, 7) is 3.34. The van der Waals surface area contributed by atoms with E-state index in [0.717, 1.165) is 5.56 Å². The molecule has 0 aliphatic rings. The van der Waals surface area contributed by atoms with E-state index in [0.29, 0.717) is 0 Å². The average Bonchev–Trinajstić information content (AvgIpc) is 2.67. The summed E-state index contributed by atoms with van der Waals surface area (Å²) in [5.74, 6) is -0.971. The Hall–Kier alpha value is -2.71. The van der Waals surface area contributed by atoms with E-state index in [4.69, 9.17) is 4.74 Å². The van der Waals surface area contributed by atoms with Gasteiger partial charge < -0.3 is 10.1 Å². The van der Waals surface area contributed by atoms with Crippen molar-refractivity contribution in [1.29, 1.82) is 0 Å². The first kappa shape index (κ1) is 20.6. The molecule has 0 radical (unpaired) electrons. The van der Waals surface area contributed by atoms with Gasteiger partial charge in [-0.1, -0.05) is 30.3 Å². The first-order chi connectivity index (χ1) is 12.8. The van der Waals surface area contributed by atoms with Gasteiger partial charge in [0.25, 0.3) is 0 Å². The number of carbonyl (C=O) groups is 2. The van der Waals surface area contributed by atoms with Crippen LogP contribution in [0.4, 0.5) is 0 Å². The lowest BCUT2D eigenvalue weighted by molar-refractivity contribution is -0.120. The van der Waals surface area contributed by atoms with Crippen LogP contribution in [-0.2, 0) is 19.6 Å². The van der Waals surface area contributed by atoms with Gasteiger partial charge in [-0.25, -0.2) is 17.9 Å². The first-order valence-electron chi connectivity index (χ1n) is 8.44. The van der Waals surface area contributed by atoms with Gasteiger partial charge in [0.1, 0.15) is 0 Å². The summed E-state index contributed by atoms with van der Waals surface area (Å²) >= 11 is 0. The molecule has 2 aromatic carbocycles. The molecule has 0 aromatic heterocycles. The topological polar surface area (TPSA) is 102 Å². The molecule has 2 N–H and O–H groups in total. The lowest BCUT2D eigenvalue weighted by Crippen LogP contribution is -2.38. The third-order valence-electron chi connectivity index (χ3n) is 3.78. The molecule has 7 nitrogen and oxygen atoms in total. The van der Waals surface area contributed by atoms with Gasteiger partial charge in [0.2, 0.25) is 15.9 Å². The Morgan fingerprint density at radius 1 is 1.04 bits per heavy atom. The molecule has 0 unspecified atom stereocenters. The molecule has 0 saturated heterocycles. The van der Waals surface area contributed by atoms with Crippen LogP contribution >= 0.6 is 0 Å². The van der Waals surface area contributed by atoms with E-state index < -0.39 is 21.9 Å². The van der Waals surface area contributed by atoms with Crippen LogP contribution < -0.4 is 10.0 Å². The number of ether oxygens (including phenoxy) is 1. The zero-order valence-corrected chi connectivity index (χ0v) is 16.0. The predicted molar refractivity (Wildman–Crippen MR) is 101 cm³/mol. The minimum atomic E-state index is -3.87. The van der Waals surface area contributed by atoms with E-state index in [1.165, 1.54) is 24.3 Å². The van der Waals surface area contributed by atoms with Gasteiger partial charge in [0, 0.05) is 0 Å². The van der Waals surface area contributed by atoms with Crippen LogP contribution in [0.3, 0.4) is 0 Å². The van der Waals surface area contributed by atoms with Crippen molar-refractivity contribution < 1.29 is 22.7 Å². The number of hydrogen-bond donors (Lipinski definition) is 2. The van der Waals surface area contributed by atoms with Crippen LogP contribution in [0, 0.1) is 0 Å². The average molecular weight is 390 g/mol. The fourth-order valence-corrected chi connectivity index (χ4v) is 3.33. The molecule has 0 saturated carbocycles.